The number of carboxylic acid groups (broad SMARTS) is 1. The summed E-state index contributed by atoms with van der Waals surface area (Å²) >= 11 is 6.12. The highest BCUT2D eigenvalue weighted by Crippen LogP contribution is 2.50. The topological polar surface area (TPSA) is 57.5 Å². The highest BCUT2D eigenvalue weighted by atomic mass is 35.5. The van der Waals surface area contributed by atoms with E-state index in [9.17, 15) is 15.0 Å². The number of carboxylic acids is 1. The molecule has 19 heavy (non-hydrogen) atoms. The van der Waals surface area contributed by atoms with E-state index in [2.05, 4.69) is 0 Å². The summed E-state index contributed by atoms with van der Waals surface area (Å²) < 4.78 is 0. The minimum atomic E-state index is -0.963. The van der Waals surface area contributed by atoms with Gasteiger partial charge in [-0.1, -0.05) is 38.8 Å². The summed E-state index contributed by atoms with van der Waals surface area (Å²) in [5.41, 5.74) is -0.0893. The van der Waals surface area contributed by atoms with Crippen LogP contribution in [0.3, 0.4) is 0 Å². The molecule has 0 atom stereocenters. The Kier molecular flexibility index (Phi) is 3.29. The van der Waals surface area contributed by atoms with Crippen molar-refractivity contribution in [1.29, 1.82) is 0 Å². The van der Waals surface area contributed by atoms with Crippen LogP contribution in [0.15, 0.2) is 12.1 Å². The maximum Gasteiger partial charge on any atom is 0.314 e. The molecule has 0 amide bonds. The molecule has 1 aliphatic rings. The molecule has 0 aliphatic heterocycles. The molecule has 0 radical (unpaired) electrons. The molecule has 1 aromatic rings. The van der Waals surface area contributed by atoms with E-state index in [0.717, 1.165) is 6.42 Å². The zero-order valence-corrected chi connectivity index (χ0v) is 12.2. The summed E-state index contributed by atoms with van der Waals surface area (Å²) in [5.74, 6) is -0.796. The fraction of sp³-hybridized carbons (Fsp3) is 0.533. The normalized spacial score (nSPS) is 17.9. The van der Waals surface area contributed by atoms with Crippen LogP contribution in [0, 0.1) is 0 Å². The average molecular weight is 283 g/mol. The van der Waals surface area contributed by atoms with E-state index in [4.69, 9.17) is 11.6 Å². The van der Waals surface area contributed by atoms with Gasteiger partial charge in [-0.25, -0.2) is 0 Å². The average Bonchev–Trinajstić information content (AvgIpc) is 2.18. The molecule has 104 valence electrons. The van der Waals surface area contributed by atoms with Crippen molar-refractivity contribution in [2.24, 2.45) is 0 Å². The molecular weight excluding hydrogens is 264 g/mol. The molecular formula is C15H19ClO3. The maximum atomic E-state index is 11.6. The predicted octanol–water partition coefficient (Wildman–Crippen LogP) is 3.85. The van der Waals surface area contributed by atoms with Crippen LogP contribution in [0.25, 0.3) is 0 Å². The molecule has 4 heteroatoms. The number of rotatable bonds is 2. The molecule has 0 aromatic heterocycles. The van der Waals surface area contributed by atoms with Gasteiger partial charge in [0.05, 0.1) is 5.41 Å². The van der Waals surface area contributed by atoms with Crippen molar-refractivity contribution in [3.05, 3.63) is 28.3 Å². The van der Waals surface area contributed by atoms with Gasteiger partial charge in [-0.05, 0) is 30.4 Å². The van der Waals surface area contributed by atoms with Gasteiger partial charge in [0.25, 0.3) is 0 Å². The first kappa shape index (κ1) is 14.2. The molecule has 0 unspecified atom stereocenters. The predicted molar refractivity (Wildman–Crippen MR) is 75.0 cm³/mol. The minimum Gasteiger partial charge on any atom is -0.507 e. The number of carbonyl (C=O) groups is 1. The van der Waals surface area contributed by atoms with Crippen molar-refractivity contribution >= 4 is 17.6 Å². The summed E-state index contributed by atoms with van der Waals surface area (Å²) in [4.78, 5) is 11.6. The quantitative estimate of drug-likeness (QED) is 0.866. The van der Waals surface area contributed by atoms with Gasteiger partial charge >= 0.3 is 5.97 Å². The lowest BCUT2D eigenvalue weighted by Gasteiger charge is -2.39. The molecule has 1 aliphatic carbocycles. The molecule has 1 fully saturated rings. The zero-order chi connectivity index (χ0) is 14.4. The first-order chi connectivity index (χ1) is 8.68. The number of benzene rings is 1. The number of phenolic OH excluding ortho intramolecular Hbond substituents is 1. The van der Waals surface area contributed by atoms with Gasteiger partial charge < -0.3 is 10.2 Å². The number of phenols is 1. The first-order valence-electron chi connectivity index (χ1n) is 6.45. The largest absolute Gasteiger partial charge is 0.507 e. The van der Waals surface area contributed by atoms with E-state index in [1.165, 1.54) is 0 Å². The number of halogens is 1. The summed E-state index contributed by atoms with van der Waals surface area (Å²) in [6.45, 7) is 5.91. The third-order valence-corrected chi connectivity index (χ3v) is 4.23. The first-order valence-corrected chi connectivity index (χ1v) is 6.83. The Morgan fingerprint density at radius 3 is 2.26 bits per heavy atom. The Morgan fingerprint density at radius 2 is 1.89 bits per heavy atom. The number of aliphatic carboxylic acids is 1. The Hall–Kier alpha value is -1.22. The van der Waals surface area contributed by atoms with Crippen LogP contribution < -0.4 is 0 Å². The van der Waals surface area contributed by atoms with E-state index < -0.39 is 11.4 Å². The fourth-order valence-corrected chi connectivity index (χ4v) is 2.88. The maximum absolute atomic E-state index is 11.6. The van der Waals surface area contributed by atoms with Crippen LogP contribution in [0.1, 0.15) is 51.2 Å². The third-order valence-electron chi connectivity index (χ3n) is 4.01. The lowest BCUT2D eigenvalue weighted by molar-refractivity contribution is -0.147. The molecule has 0 bridgehead atoms. The Labute approximate surface area is 118 Å². The van der Waals surface area contributed by atoms with E-state index in [1.807, 2.05) is 20.8 Å². The molecule has 0 saturated heterocycles. The van der Waals surface area contributed by atoms with Gasteiger partial charge in [-0.2, -0.15) is 0 Å². The van der Waals surface area contributed by atoms with Crippen LogP contribution in [0.2, 0.25) is 5.02 Å². The van der Waals surface area contributed by atoms with Crippen LogP contribution in [-0.4, -0.2) is 16.2 Å². The standard InChI is InChI=1S/C15H19ClO3/c1-14(2,3)10-7-9(16)8-11(12(10)17)15(13(18)19)5-4-6-15/h7-8,17H,4-6H2,1-3H3,(H,18,19). The summed E-state index contributed by atoms with van der Waals surface area (Å²) in [6, 6.07) is 3.31. The highest BCUT2D eigenvalue weighted by molar-refractivity contribution is 6.30. The third kappa shape index (κ3) is 2.20. The van der Waals surface area contributed by atoms with Crippen LogP contribution in [0.4, 0.5) is 0 Å². The lowest BCUT2D eigenvalue weighted by Crippen LogP contribution is -2.42. The van der Waals surface area contributed by atoms with Gasteiger partial charge in [-0.3, -0.25) is 4.79 Å². The van der Waals surface area contributed by atoms with Crippen molar-refractivity contribution in [3.8, 4) is 5.75 Å². The van der Waals surface area contributed by atoms with E-state index in [0.29, 0.717) is 29.0 Å². The SMILES string of the molecule is CC(C)(C)c1cc(Cl)cc(C2(C(=O)O)CCC2)c1O. The lowest BCUT2D eigenvalue weighted by atomic mass is 9.63. The number of hydrogen-bond acceptors (Lipinski definition) is 2. The Morgan fingerprint density at radius 1 is 1.32 bits per heavy atom. The van der Waals surface area contributed by atoms with Crippen LogP contribution in [0.5, 0.6) is 5.75 Å². The number of hydrogen-bond donors (Lipinski definition) is 2. The Balaban J connectivity index is 2.65. The van der Waals surface area contributed by atoms with Crippen molar-refractivity contribution in [1.82, 2.24) is 0 Å². The highest BCUT2D eigenvalue weighted by Gasteiger charge is 2.48. The Bertz CT molecular complexity index is 525. The summed E-state index contributed by atoms with van der Waals surface area (Å²) in [5, 5.41) is 20.4. The second-order valence-corrected chi connectivity index (χ2v) is 6.78. The monoisotopic (exact) mass is 282 g/mol. The molecule has 2 N–H and O–H groups in total. The van der Waals surface area contributed by atoms with Crippen molar-refractivity contribution in [2.45, 2.75) is 50.9 Å². The second kappa shape index (κ2) is 4.41. The van der Waals surface area contributed by atoms with Gasteiger partial charge in [0, 0.05) is 16.1 Å². The zero-order valence-electron chi connectivity index (χ0n) is 11.5. The molecule has 1 saturated carbocycles. The molecule has 2 rings (SSSR count). The molecule has 3 nitrogen and oxygen atoms in total. The van der Waals surface area contributed by atoms with Crippen LogP contribution >= 0.6 is 11.6 Å². The van der Waals surface area contributed by atoms with Gasteiger partial charge in [0.15, 0.2) is 0 Å². The fourth-order valence-electron chi connectivity index (χ4n) is 2.66. The van der Waals surface area contributed by atoms with Gasteiger partial charge in [0.1, 0.15) is 5.75 Å². The van der Waals surface area contributed by atoms with Crippen molar-refractivity contribution < 1.29 is 15.0 Å². The van der Waals surface area contributed by atoms with Gasteiger partial charge in [0.2, 0.25) is 0 Å². The molecule has 1 aromatic carbocycles. The minimum absolute atomic E-state index is 0.0824. The van der Waals surface area contributed by atoms with E-state index in [1.54, 1.807) is 12.1 Å². The number of aromatic hydroxyl groups is 1. The second-order valence-electron chi connectivity index (χ2n) is 6.34. The smallest absolute Gasteiger partial charge is 0.314 e. The molecule has 0 heterocycles. The van der Waals surface area contributed by atoms with E-state index in [-0.39, 0.29) is 11.2 Å². The van der Waals surface area contributed by atoms with E-state index >= 15 is 0 Å². The van der Waals surface area contributed by atoms with Crippen LogP contribution in [-0.2, 0) is 15.6 Å². The van der Waals surface area contributed by atoms with Crippen molar-refractivity contribution in [3.63, 3.8) is 0 Å². The summed E-state index contributed by atoms with van der Waals surface area (Å²) in [6.07, 6.45) is 1.97. The van der Waals surface area contributed by atoms with Crippen molar-refractivity contribution in [2.75, 3.05) is 0 Å². The summed E-state index contributed by atoms with van der Waals surface area (Å²) in [7, 11) is 0. The molecule has 0 spiro atoms. The van der Waals surface area contributed by atoms with Gasteiger partial charge in [-0.15, -0.1) is 0 Å².